The van der Waals surface area contributed by atoms with Crippen LogP contribution in [0.3, 0.4) is 0 Å². The summed E-state index contributed by atoms with van der Waals surface area (Å²) in [7, 11) is 1.55. The van der Waals surface area contributed by atoms with Gasteiger partial charge in [-0.2, -0.15) is 0 Å². The third kappa shape index (κ3) is 4.63. The van der Waals surface area contributed by atoms with E-state index in [1.165, 1.54) is 30.5 Å². The van der Waals surface area contributed by atoms with Crippen molar-refractivity contribution in [1.29, 1.82) is 0 Å². The lowest BCUT2D eigenvalue weighted by atomic mass is 10.2. The third-order valence-electron chi connectivity index (χ3n) is 4.56. The van der Waals surface area contributed by atoms with Crippen LogP contribution in [0, 0.1) is 5.82 Å². The minimum Gasteiger partial charge on any atom is -0.493 e. The Bertz CT molecular complexity index is 1060. The number of nitrogens with zero attached hydrogens (tertiary/aromatic N) is 3. The lowest BCUT2D eigenvalue weighted by molar-refractivity contribution is 0.0939. The van der Waals surface area contributed by atoms with Crippen LogP contribution in [0.2, 0.25) is 0 Å². The number of methoxy groups -OCH3 is 1. The predicted octanol–water partition coefficient (Wildman–Crippen LogP) is 3.03. The molecule has 0 fully saturated rings. The van der Waals surface area contributed by atoms with Crippen molar-refractivity contribution in [2.24, 2.45) is 0 Å². The molecule has 2 aromatic carbocycles. The second kappa shape index (κ2) is 8.82. The Morgan fingerprint density at radius 1 is 1.16 bits per heavy atom. The Hall–Kier alpha value is -3.95. The Morgan fingerprint density at radius 2 is 1.94 bits per heavy atom. The predicted molar refractivity (Wildman–Crippen MR) is 109 cm³/mol. The number of amides is 1. The van der Waals surface area contributed by atoms with Crippen molar-refractivity contribution in [2.45, 2.75) is 13.0 Å². The van der Waals surface area contributed by atoms with Crippen LogP contribution < -0.4 is 24.8 Å². The number of carbonyl (C=O) groups is 1. The highest BCUT2D eigenvalue weighted by Gasteiger charge is 2.19. The average molecular weight is 425 g/mol. The molecule has 1 aromatic heterocycles. The van der Waals surface area contributed by atoms with E-state index in [2.05, 4.69) is 25.8 Å². The highest BCUT2D eigenvalue weighted by Crippen LogP contribution is 2.42. The van der Waals surface area contributed by atoms with Crippen LogP contribution in [-0.2, 0) is 0 Å². The molecule has 1 atom stereocenters. The van der Waals surface area contributed by atoms with Gasteiger partial charge < -0.3 is 24.8 Å². The third-order valence-corrected chi connectivity index (χ3v) is 4.56. The highest BCUT2D eigenvalue weighted by atomic mass is 19.1. The molecule has 31 heavy (non-hydrogen) atoms. The molecule has 160 valence electrons. The number of hydrogen-bond donors (Lipinski definition) is 2. The van der Waals surface area contributed by atoms with Gasteiger partial charge in [0.25, 0.3) is 5.91 Å². The number of halogens is 1. The fraction of sp³-hybridized carbons (Fsp3) is 0.238. The number of anilines is 2. The Labute approximate surface area is 177 Å². The zero-order valence-electron chi connectivity index (χ0n) is 16.9. The Balaban J connectivity index is 1.43. The van der Waals surface area contributed by atoms with E-state index in [-0.39, 0.29) is 11.9 Å². The van der Waals surface area contributed by atoms with Gasteiger partial charge >= 0.3 is 0 Å². The summed E-state index contributed by atoms with van der Waals surface area (Å²) in [6.07, 6.45) is 1.51. The lowest BCUT2D eigenvalue weighted by Gasteiger charge is -2.21. The molecule has 0 spiro atoms. The number of benzene rings is 2. The van der Waals surface area contributed by atoms with Crippen LogP contribution in [0.1, 0.15) is 29.0 Å². The molecule has 1 amide bonds. The fourth-order valence-electron chi connectivity index (χ4n) is 2.97. The summed E-state index contributed by atoms with van der Waals surface area (Å²) in [5, 5.41) is 14.0. The van der Waals surface area contributed by atoms with Gasteiger partial charge in [0.1, 0.15) is 24.7 Å². The van der Waals surface area contributed by atoms with Gasteiger partial charge in [0.05, 0.1) is 19.3 Å². The first kappa shape index (κ1) is 20.3. The molecule has 1 aliphatic heterocycles. The SMILES string of the molecule is COc1cc(Nc2ncc(C(C)NC(=O)c3ccc(F)cc3)nn2)cc2c1OCCO2. The standard InChI is InChI=1S/C21H20FN5O4/c1-12(24-20(28)13-3-5-14(22)6-4-13)16-11-23-21(27-26-16)25-15-9-17(29-2)19-18(10-15)30-7-8-31-19/h3-6,9-12H,7-8H2,1-2H3,(H,24,28)(H,23,25,27). The molecule has 1 aliphatic rings. The zero-order valence-corrected chi connectivity index (χ0v) is 16.9. The van der Waals surface area contributed by atoms with Crippen LogP contribution in [0.25, 0.3) is 0 Å². The maximum atomic E-state index is 13.0. The maximum Gasteiger partial charge on any atom is 0.251 e. The van der Waals surface area contributed by atoms with E-state index in [1.54, 1.807) is 26.2 Å². The Morgan fingerprint density at radius 3 is 2.65 bits per heavy atom. The normalized spacial score (nSPS) is 13.3. The number of aromatic nitrogens is 3. The number of ether oxygens (including phenoxy) is 3. The van der Waals surface area contributed by atoms with E-state index >= 15 is 0 Å². The molecule has 0 saturated carbocycles. The van der Waals surface area contributed by atoms with Gasteiger partial charge in [-0.25, -0.2) is 9.37 Å². The van der Waals surface area contributed by atoms with Gasteiger partial charge in [-0.1, -0.05) is 0 Å². The largest absolute Gasteiger partial charge is 0.493 e. The monoisotopic (exact) mass is 425 g/mol. The first-order chi connectivity index (χ1) is 15.0. The molecular formula is C21H20FN5O4. The molecular weight excluding hydrogens is 405 g/mol. The summed E-state index contributed by atoms with van der Waals surface area (Å²) in [5.74, 6) is 1.16. The molecule has 9 nitrogen and oxygen atoms in total. The molecule has 0 aliphatic carbocycles. The van der Waals surface area contributed by atoms with E-state index in [9.17, 15) is 9.18 Å². The number of nitrogens with one attached hydrogen (secondary N) is 2. The summed E-state index contributed by atoms with van der Waals surface area (Å²) < 4.78 is 29.6. The molecule has 0 radical (unpaired) electrons. The van der Waals surface area contributed by atoms with Crippen molar-refractivity contribution in [3.8, 4) is 17.2 Å². The van der Waals surface area contributed by atoms with Crippen LogP contribution in [0.4, 0.5) is 16.0 Å². The molecule has 4 rings (SSSR count). The first-order valence-corrected chi connectivity index (χ1v) is 9.54. The van der Waals surface area contributed by atoms with Gasteiger partial charge in [-0.05, 0) is 31.2 Å². The smallest absolute Gasteiger partial charge is 0.251 e. The summed E-state index contributed by atoms with van der Waals surface area (Å²) in [5.41, 5.74) is 1.47. The molecule has 3 aromatic rings. The van der Waals surface area contributed by atoms with Gasteiger partial charge in [-0.3, -0.25) is 4.79 Å². The summed E-state index contributed by atoms with van der Waals surface area (Å²) in [6.45, 7) is 2.67. The van der Waals surface area contributed by atoms with Gasteiger partial charge in [-0.15, -0.1) is 10.2 Å². The topological polar surface area (TPSA) is 107 Å². The molecule has 0 saturated heterocycles. The van der Waals surface area contributed by atoms with Crippen molar-refractivity contribution in [2.75, 3.05) is 25.6 Å². The summed E-state index contributed by atoms with van der Waals surface area (Å²) >= 11 is 0. The first-order valence-electron chi connectivity index (χ1n) is 9.54. The number of rotatable bonds is 6. The summed E-state index contributed by atoms with van der Waals surface area (Å²) in [4.78, 5) is 16.5. The van der Waals surface area contributed by atoms with Gasteiger partial charge in [0.2, 0.25) is 11.7 Å². The Kier molecular flexibility index (Phi) is 5.78. The maximum absolute atomic E-state index is 13.0. The van der Waals surface area contributed by atoms with Crippen LogP contribution in [-0.4, -0.2) is 41.4 Å². The average Bonchev–Trinajstić information content (AvgIpc) is 2.79. The number of carbonyl (C=O) groups excluding carboxylic acids is 1. The van der Waals surface area contributed by atoms with E-state index in [0.29, 0.717) is 47.4 Å². The fourth-order valence-corrected chi connectivity index (χ4v) is 2.97. The van der Waals surface area contributed by atoms with Crippen LogP contribution in [0.5, 0.6) is 17.2 Å². The molecule has 0 bridgehead atoms. The second-order valence-electron chi connectivity index (χ2n) is 6.74. The van der Waals surface area contributed by atoms with E-state index in [4.69, 9.17) is 14.2 Å². The van der Waals surface area contributed by atoms with E-state index in [1.807, 2.05) is 0 Å². The van der Waals surface area contributed by atoms with Crippen molar-refractivity contribution >= 4 is 17.5 Å². The molecule has 2 N–H and O–H groups in total. The zero-order chi connectivity index (χ0) is 21.8. The van der Waals surface area contributed by atoms with Crippen molar-refractivity contribution < 1.29 is 23.4 Å². The van der Waals surface area contributed by atoms with Gasteiger partial charge in [0, 0.05) is 23.4 Å². The van der Waals surface area contributed by atoms with Crippen molar-refractivity contribution in [1.82, 2.24) is 20.5 Å². The van der Waals surface area contributed by atoms with Crippen LogP contribution in [0.15, 0.2) is 42.6 Å². The van der Waals surface area contributed by atoms with E-state index in [0.717, 1.165) is 0 Å². The minimum atomic E-state index is -0.444. The number of fused-ring (bicyclic) bond motifs is 1. The highest BCUT2D eigenvalue weighted by molar-refractivity contribution is 5.94. The van der Waals surface area contributed by atoms with Crippen LogP contribution >= 0.6 is 0 Å². The lowest BCUT2D eigenvalue weighted by Crippen LogP contribution is -2.27. The minimum absolute atomic E-state index is 0.263. The van der Waals surface area contributed by atoms with Crippen molar-refractivity contribution in [3.63, 3.8) is 0 Å². The molecule has 2 heterocycles. The molecule has 10 heteroatoms. The van der Waals surface area contributed by atoms with Gasteiger partial charge in [0.15, 0.2) is 11.5 Å². The molecule has 1 unspecified atom stereocenters. The van der Waals surface area contributed by atoms with E-state index < -0.39 is 11.9 Å². The second-order valence-corrected chi connectivity index (χ2v) is 6.74. The summed E-state index contributed by atoms with van der Waals surface area (Å²) in [6, 6.07) is 8.35. The quantitative estimate of drug-likeness (QED) is 0.621. The van der Waals surface area contributed by atoms with Crippen molar-refractivity contribution in [3.05, 3.63) is 59.7 Å². The number of hydrogen-bond acceptors (Lipinski definition) is 8.